The second-order valence-corrected chi connectivity index (χ2v) is 7.28. The summed E-state index contributed by atoms with van der Waals surface area (Å²) < 4.78 is 43.3. The number of benzene rings is 1. The molecule has 9 heteroatoms. The Morgan fingerprint density at radius 2 is 2.00 bits per heavy atom. The number of amides is 1. The number of anilines is 1. The molecule has 0 N–H and O–H groups in total. The Kier molecular flexibility index (Phi) is 4.47. The minimum Gasteiger partial charge on any atom is -0.339 e. The number of carbonyl (C=O) groups is 1. The maximum atomic E-state index is 12.7. The molecule has 3 aromatic rings. The van der Waals surface area contributed by atoms with Crippen molar-refractivity contribution in [3.05, 3.63) is 63.9 Å². The van der Waals surface area contributed by atoms with Gasteiger partial charge in [-0.15, -0.1) is 11.3 Å². The third kappa shape index (κ3) is 3.73. The van der Waals surface area contributed by atoms with Gasteiger partial charge in [0.15, 0.2) is 5.82 Å². The molecule has 0 aliphatic carbocycles. The number of aromatic nitrogens is 2. The largest absolute Gasteiger partial charge is 0.416 e. The molecule has 1 atom stereocenters. The number of rotatable bonds is 4. The van der Waals surface area contributed by atoms with Crippen molar-refractivity contribution in [1.29, 1.82) is 0 Å². The van der Waals surface area contributed by atoms with Crippen LogP contribution in [0.5, 0.6) is 0 Å². The summed E-state index contributed by atoms with van der Waals surface area (Å²) in [5.41, 5.74) is -0.316. The zero-order valence-corrected chi connectivity index (χ0v) is 14.8. The molecule has 0 saturated carbocycles. The molecule has 1 saturated heterocycles. The number of thiophene rings is 1. The van der Waals surface area contributed by atoms with E-state index in [1.54, 1.807) is 11.3 Å². The van der Waals surface area contributed by atoms with Gasteiger partial charge in [0.05, 0.1) is 12.0 Å². The van der Waals surface area contributed by atoms with Crippen molar-refractivity contribution in [2.45, 2.75) is 24.9 Å². The van der Waals surface area contributed by atoms with E-state index in [2.05, 4.69) is 10.1 Å². The van der Waals surface area contributed by atoms with E-state index in [9.17, 15) is 18.0 Å². The van der Waals surface area contributed by atoms with Gasteiger partial charge in [0, 0.05) is 29.4 Å². The Bertz CT molecular complexity index is 936. The third-order valence-corrected chi connectivity index (χ3v) is 5.26. The molecule has 1 unspecified atom stereocenters. The fraction of sp³-hybridized carbons (Fsp3) is 0.278. The molecule has 1 aliphatic heterocycles. The van der Waals surface area contributed by atoms with Crippen LogP contribution in [0.3, 0.4) is 0 Å². The SMILES string of the molecule is O=C1CC(c2noc(Cc3cccs3)n2)CN1c1ccc(C(F)(F)F)cc1. The normalized spacial score (nSPS) is 17.7. The number of hydrogen-bond donors (Lipinski definition) is 0. The first-order valence-electron chi connectivity index (χ1n) is 8.22. The Morgan fingerprint density at radius 1 is 1.22 bits per heavy atom. The average molecular weight is 393 g/mol. The first-order valence-corrected chi connectivity index (χ1v) is 9.10. The lowest BCUT2D eigenvalue weighted by Gasteiger charge is -2.17. The van der Waals surface area contributed by atoms with E-state index in [0.717, 1.165) is 17.0 Å². The summed E-state index contributed by atoms with van der Waals surface area (Å²) in [4.78, 5) is 19.3. The molecule has 1 aromatic carbocycles. The van der Waals surface area contributed by atoms with Crippen molar-refractivity contribution in [1.82, 2.24) is 10.1 Å². The fourth-order valence-electron chi connectivity index (χ4n) is 3.03. The fourth-order valence-corrected chi connectivity index (χ4v) is 3.72. The lowest BCUT2D eigenvalue weighted by atomic mass is 10.1. The molecule has 27 heavy (non-hydrogen) atoms. The van der Waals surface area contributed by atoms with Crippen LogP contribution in [0.4, 0.5) is 18.9 Å². The Hall–Kier alpha value is -2.68. The molecule has 0 radical (unpaired) electrons. The van der Waals surface area contributed by atoms with Gasteiger partial charge in [-0.25, -0.2) is 0 Å². The minimum absolute atomic E-state index is 0.177. The van der Waals surface area contributed by atoms with Crippen LogP contribution in [0, 0.1) is 0 Å². The maximum absolute atomic E-state index is 12.7. The van der Waals surface area contributed by atoms with E-state index < -0.39 is 11.7 Å². The van der Waals surface area contributed by atoms with Crippen molar-refractivity contribution in [3.63, 3.8) is 0 Å². The van der Waals surface area contributed by atoms with Gasteiger partial charge in [0.1, 0.15) is 0 Å². The lowest BCUT2D eigenvalue weighted by molar-refractivity contribution is -0.137. The van der Waals surface area contributed by atoms with Gasteiger partial charge in [-0.3, -0.25) is 4.79 Å². The predicted molar refractivity (Wildman–Crippen MR) is 92.6 cm³/mol. The zero-order valence-electron chi connectivity index (χ0n) is 13.9. The number of alkyl halides is 3. The van der Waals surface area contributed by atoms with Crippen LogP contribution in [0.2, 0.25) is 0 Å². The average Bonchev–Trinajstić information content (AvgIpc) is 3.36. The van der Waals surface area contributed by atoms with Crippen molar-refractivity contribution < 1.29 is 22.5 Å². The molecule has 2 aromatic heterocycles. The topological polar surface area (TPSA) is 59.2 Å². The summed E-state index contributed by atoms with van der Waals surface area (Å²) >= 11 is 1.59. The van der Waals surface area contributed by atoms with E-state index in [0.29, 0.717) is 30.4 Å². The quantitative estimate of drug-likeness (QED) is 0.665. The Balaban J connectivity index is 1.47. The highest BCUT2D eigenvalue weighted by atomic mass is 32.1. The van der Waals surface area contributed by atoms with Crippen LogP contribution < -0.4 is 4.90 Å². The van der Waals surface area contributed by atoms with Gasteiger partial charge >= 0.3 is 6.18 Å². The third-order valence-electron chi connectivity index (χ3n) is 4.39. The summed E-state index contributed by atoms with van der Waals surface area (Å²) in [5.74, 6) is 0.502. The Labute approximate surface area is 156 Å². The summed E-state index contributed by atoms with van der Waals surface area (Å²) in [6, 6.07) is 8.48. The predicted octanol–water partition coefficient (Wildman–Crippen LogP) is 4.26. The first kappa shape index (κ1) is 17.7. The minimum atomic E-state index is -4.40. The molecule has 3 heterocycles. The van der Waals surface area contributed by atoms with Crippen molar-refractivity contribution in [2.75, 3.05) is 11.4 Å². The van der Waals surface area contributed by atoms with E-state index >= 15 is 0 Å². The number of hydrogen-bond acceptors (Lipinski definition) is 5. The molecule has 5 nitrogen and oxygen atoms in total. The second kappa shape index (κ2) is 6.80. The molecule has 0 spiro atoms. The van der Waals surface area contributed by atoms with Crippen LogP contribution in [0.15, 0.2) is 46.3 Å². The number of halogens is 3. The van der Waals surface area contributed by atoms with Crippen molar-refractivity contribution >= 4 is 22.9 Å². The monoisotopic (exact) mass is 393 g/mol. The van der Waals surface area contributed by atoms with Crippen LogP contribution in [-0.2, 0) is 17.4 Å². The van der Waals surface area contributed by atoms with Gasteiger partial charge in [-0.05, 0) is 35.7 Å². The number of nitrogens with zero attached hydrogens (tertiary/aromatic N) is 3. The molecule has 4 rings (SSSR count). The smallest absolute Gasteiger partial charge is 0.339 e. The highest BCUT2D eigenvalue weighted by Gasteiger charge is 2.35. The first-order chi connectivity index (χ1) is 12.9. The summed E-state index contributed by atoms with van der Waals surface area (Å²) in [6.45, 7) is 0.308. The van der Waals surface area contributed by atoms with Crippen molar-refractivity contribution in [3.8, 4) is 0 Å². The van der Waals surface area contributed by atoms with E-state index in [4.69, 9.17) is 4.52 Å². The number of carbonyl (C=O) groups excluding carboxylic acids is 1. The van der Waals surface area contributed by atoms with Gasteiger partial charge in [-0.1, -0.05) is 11.2 Å². The standard InChI is InChI=1S/C18H14F3N3O2S/c19-18(20,21)12-3-5-13(6-4-12)24-10-11(8-16(24)25)17-22-15(26-23-17)9-14-2-1-7-27-14/h1-7,11H,8-10H2. The molecular formula is C18H14F3N3O2S. The van der Waals surface area contributed by atoms with Crippen LogP contribution >= 0.6 is 11.3 Å². The van der Waals surface area contributed by atoms with Gasteiger partial charge < -0.3 is 9.42 Å². The lowest BCUT2D eigenvalue weighted by Crippen LogP contribution is -2.24. The van der Waals surface area contributed by atoms with E-state index in [-0.39, 0.29) is 18.2 Å². The molecule has 0 bridgehead atoms. The van der Waals surface area contributed by atoms with Gasteiger partial charge in [0.2, 0.25) is 11.8 Å². The van der Waals surface area contributed by atoms with E-state index in [1.807, 2.05) is 17.5 Å². The molecule has 140 valence electrons. The van der Waals surface area contributed by atoms with Crippen LogP contribution in [0.1, 0.15) is 34.5 Å². The van der Waals surface area contributed by atoms with E-state index in [1.165, 1.54) is 17.0 Å². The highest BCUT2D eigenvalue weighted by molar-refractivity contribution is 7.09. The second-order valence-electron chi connectivity index (χ2n) is 6.25. The molecule has 1 amide bonds. The van der Waals surface area contributed by atoms with Crippen LogP contribution in [0.25, 0.3) is 0 Å². The zero-order chi connectivity index (χ0) is 19.0. The molecular weight excluding hydrogens is 379 g/mol. The summed E-state index contributed by atoms with van der Waals surface area (Å²) in [5, 5.41) is 5.94. The maximum Gasteiger partial charge on any atom is 0.416 e. The van der Waals surface area contributed by atoms with Gasteiger partial charge in [0.25, 0.3) is 0 Å². The molecule has 1 fully saturated rings. The summed E-state index contributed by atoms with van der Waals surface area (Å²) in [7, 11) is 0. The highest BCUT2D eigenvalue weighted by Crippen LogP contribution is 2.34. The van der Waals surface area contributed by atoms with Crippen molar-refractivity contribution in [2.24, 2.45) is 0 Å². The molecule has 1 aliphatic rings. The van der Waals surface area contributed by atoms with Crippen LogP contribution in [-0.4, -0.2) is 22.6 Å². The summed E-state index contributed by atoms with van der Waals surface area (Å²) in [6.07, 6.45) is -3.67. The van der Waals surface area contributed by atoms with Gasteiger partial charge in [-0.2, -0.15) is 18.2 Å². The Morgan fingerprint density at radius 3 is 2.67 bits per heavy atom.